The van der Waals surface area contributed by atoms with Crippen LogP contribution in [0.2, 0.25) is 0 Å². The second-order valence-corrected chi connectivity index (χ2v) is 3.26. The number of hydrogen-bond acceptors (Lipinski definition) is 5. The van der Waals surface area contributed by atoms with E-state index < -0.39 is 11.9 Å². The maximum absolute atomic E-state index is 10.9. The first-order valence-electron chi connectivity index (χ1n) is 4.24. The average molecular weight is 194 g/mol. The molecule has 74 valence electrons. The minimum Gasteiger partial charge on any atom is -0.481 e. The molecule has 14 heavy (non-hydrogen) atoms. The fraction of sp³-hybridized carbons (Fsp3) is 0.375. The molecule has 1 heterocycles. The fourth-order valence-electron chi connectivity index (χ4n) is 1.80. The largest absolute Gasteiger partial charge is 0.481 e. The van der Waals surface area contributed by atoms with Gasteiger partial charge in [0.1, 0.15) is 5.82 Å². The van der Waals surface area contributed by atoms with Gasteiger partial charge in [-0.25, -0.2) is 4.98 Å². The highest BCUT2D eigenvalue weighted by Gasteiger charge is 2.32. The molecule has 1 atom stereocenters. The van der Waals surface area contributed by atoms with Crippen molar-refractivity contribution in [2.24, 2.45) is 0 Å². The Kier molecular flexibility index (Phi) is 1.77. The molecule has 0 aromatic carbocycles. The van der Waals surface area contributed by atoms with E-state index in [0.717, 1.165) is 0 Å². The van der Waals surface area contributed by atoms with Crippen LogP contribution in [0.5, 0.6) is 0 Å². The monoisotopic (exact) mass is 194 g/mol. The number of nitrogens with zero attached hydrogens (tertiary/aromatic N) is 2. The third-order valence-corrected chi connectivity index (χ3v) is 2.39. The Morgan fingerprint density at radius 2 is 2.14 bits per heavy atom. The van der Waals surface area contributed by atoms with E-state index in [0.29, 0.717) is 24.1 Å². The summed E-state index contributed by atoms with van der Waals surface area (Å²) in [5.41, 5.74) is 12.2. The van der Waals surface area contributed by atoms with Gasteiger partial charge in [-0.3, -0.25) is 4.79 Å². The van der Waals surface area contributed by atoms with Crippen LogP contribution in [0, 0.1) is 0 Å². The summed E-state index contributed by atoms with van der Waals surface area (Å²) in [5, 5.41) is 8.91. The van der Waals surface area contributed by atoms with Gasteiger partial charge in [-0.1, -0.05) is 0 Å². The molecule has 1 aromatic rings. The molecule has 6 nitrogen and oxygen atoms in total. The minimum absolute atomic E-state index is 0.104. The van der Waals surface area contributed by atoms with Crippen molar-refractivity contribution >= 4 is 17.7 Å². The van der Waals surface area contributed by atoms with Crippen molar-refractivity contribution in [3.05, 3.63) is 11.3 Å². The zero-order valence-corrected chi connectivity index (χ0v) is 7.40. The van der Waals surface area contributed by atoms with E-state index in [9.17, 15) is 4.79 Å². The van der Waals surface area contributed by atoms with E-state index in [2.05, 4.69) is 9.97 Å². The number of nitrogen functional groups attached to an aromatic ring is 2. The second kappa shape index (κ2) is 2.83. The Morgan fingerprint density at radius 1 is 1.43 bits per heavy atom. The normalized spacial score (nSPS) is 19.3. The molecule has 1 aromatic heterocycles. The van der Waals surface area contributed by atoms with Gasteiger partial charge in [0.05, 0.1) is 11.6 Å². The number of aryl methyl sites for hydroxylation is 1. The van der Waals surface area contributed by atoms with Crippen LogP contribution in [0.4, 0.5) is 11.8 Å². The minimum atomic E-state index is -0.885. The Hall–Kier alpha value is -1.85. The molecule has 1 unspecified atom stereocenters. The molecule has 2 rings (SSSR count). The van der Waals surface area contributed by atoms with Crippen LogP contribution in [-0.4, -0.2) is 21.0 Å². The summed E-state index contributed by atoms with van der Waals surface area (Å²) in [6.45, 7) is 0. The number of carboxylic acid groups (broad SMARTS) is 1. The lowest BCUT2D eigenvalue weighted by molar-refractivity contribution is -0.138. The summed E-state index contributed by atoms with van der Waals surface area (Å²) in [5.74, 6) is -1.17. The van der Waals surface area contributed by atoms with Crippen molar-refractivity contribution < 1.29 is 9.90 Å². The number of carboxylic acids is 1. The summed E-state index contributed by atoms with van der Waals surface area (Å²) in [6.07, 6.45) is 1.12. The van der Waals surface area contributed by atoms with E-state index in [-0.39, 0.29) is 11.8 Å². The van der Waals surface area contributed by atoms with Crippen LogP contribution < -0.4 is 11.5 Å². The molecule has 1 aliphatic carbocycles. The number of aliphatic carboxylic acids is 1. The van der Waals surface area contributed by atoms with Gasteiger partial charge >= 0.3 is 5.97 Å². The number of anilines is 2. The molecule has 0 fully saturated rings. The van der Waals surface area contributed by atoms with Crippen molar-refractivity contribution in [3.8, 4) is 0 Å². The highest BCUT2D eigenvalue weighted by molar-refractivity contribution is 5.79. The quantitative estimate of drug-likeness (QED) is 0.568. The molecule has 0 amide bonds. The highest BCUT2D eigenvalue weighted by Crippen LogP contribution is 2.35. The average Bonchev–Trinajstić information content (AvgIpc) is 2.47. The highest BCUT2D eigenvalue weighted by atomic mass is 16.4. The van der Waals surface area contributed by atoms with Gasteiger partial charge in [-0.05, 0) is 12.8 Å². The van der Waals surface area contributed by atoms with Crippen LogP contribution in [0.15, 0.2) is 0 Å². The van der Waals surface area contributed by atoms with E-state index in [4.69, 9.17) is 16.6 Å². The van der Waals surface area contributed by atoms with Crippen molar-refractivity contribution in [2.45, 2.75) is 18.8 Å². The smallest absolute Gasteiger partial charge is 0.311 e. The maximum Gasteiger partial charge on any atom is 0.311 e. The standard InChI is InChI=1S/C8H10N4O2/c9-6-5-3(7(13)14)1-2-4(5)11-8(10)12-6/h3H,1-2H2,(H,13,14)(H4,9,10,11,12). The Labute approximate surface area is 80.0 Å². The van der Waals surface area contributed by atoms with Gasteiger partial charge in [0, 0.05) is 5.56 Å². The summed E-state index contributed by atoms with van der Waals surface area (Å²) in [4.78, 5) is 18.6. The topological polar surface area (TPSA) is 115 Å². The van der Waals surface area contributed by atoms with Crippen molar-refractivity contribution in [1.29, 1.82) is 0 Å². The van der Waals surface area contributed by atoms with E-state index in [1.807, 2.05) is 0 Å². The summed E-state index contributed by atoms with van der Waals surface area (Å²) < 4.78 is 0. The van der Waals surface area contributed by atoms with Gasteiger partial charge in [0.2, 0.25) is 5.95 Å². The summed E-state index contributed by atoms with van der Waals surface area (Å²) in [7, 11) is 0. The molecule has 0 saturated carbocycles. The molecule has 0 aliphatic heterocycles. The lowest BCUT2D eigenvalue weighted by Crippen LogP contribution is -2.12. The number of fused-ring (bicyclic) bond motifs is 1. The first kappa shape index (κ1) is 8.74. The van der Waals surface area contributed by atoms with E-state index in [1.165, 1.54) is 0 Å². The lowest BCUT2D eigenvalue weighted by Gasteiger charge is -2.07. The van der Waals surface area contributed by atoms with Crippen LogP contribution >= 0.6 is 0 Å². The molecule has 0 saturated heterocycles. The Bertz CT molecular complexity index is 405. The van der Waals surface area contributed by atoms with Gasteiger partial charge in [-0.15, -0.1) is 0 Å². The Balaban J connectivity index is 2.54. The van der Waals surface area contributed by atoms with Crippen molar-refractivity contribution in [3.63, 3.8) is 0 Å². The first-order chi connectivity index (χ1) is 6.59. The fourth-order valence-corrected chi connectivity index (χ4v) is 1.80. The summed E-state index contributed by atoms with van der Waals surface area (Å²) in [6, 6.07) is 0. The molecule has 0 bridgehead atoms. The third kappa shape index (κ3) is 1.15. The first-order valence-corrected chi connectivity index (χ1v) is 4.24. The zero-order chi connectivity index (χ0) is 10.3. The number of hydrogen-bond donors (Lipinski definition) is 3. The van der Waals surface area contributed by atoms with Crippen molar-refractivity contribution in [1.82, 2.24) is 9.97 Å². The molecule has 0 radical (unpaired) electrons. The zero-order valence-electron chi connectivity index (χ0n) is 7.40. The van der Waals surface area contributed by atoms with E-state index >= 15 is 0 Å². The third-order valence-electron chi connectivity index (χ3n) is 2.39. The Morgan fingerprint density at radius 3 is 2.79 bits per heavy atom. The van der Waals surface area contributed by atoms with Crippen molar-refractivity contribution in [2.75, 3.05) is 11.5 Å². The number of aromatic nitrogens is 2. The molecular formula is C8H10N4O2. The van der Waals surface area contributed by atoms with Gasteiger partial charge < -0.3 is 16.6 Å². The van der Waals surface area contributed by atoms with E-state index in [1.54, 1.807) is 0 Å². The molecule has 1 aliphatic rings. The van der Waals surface area contributed by atoms with Gasteiger partial charge in [0.25, 0.3) is 0 Å². The molecule has 6 heteroatoms. The van der Waals surface area contributed by atoms with Gasteiger partial charge in [0.15, 0.2) is 0 Å². The van der Waals surface area contributed by atoms with Crippen LogP contribution in [0.3, 0.4) is 0 Å². The molecule has 0 spiro atoms. The summed E-state index contributed by atoms with van der Waals surface area (Å²) >= 11 is 0. The van der Waals surface area contributed by atoms with Crippen LogP contribution in [0.1, 0.15) is 23.6 Å². The number of carbonyl (C=O) groups is 1. The molecule has 5 N–H and O–H groups in total. The lowest BCUT2D eigenvalue weighted by atomic mass is 10.0. The van der Waals surface area contributed by atoms with Gasteiger partial charge in [-0.2, -0.15) is 4.98 Å². The SMILES string of the molecule is Nc1nc(N)c2c(n1)CCC2C(=O)O. The number of nitrogens with two attached hydrogens (primary N) is 2. The number of rotatable bonds is 1. The van der Waals surface area contributed by atoms with Crippen LogP contribution in [-0.2, 0) is 11.2 Å². The second-order valence-electron chi connectivity index (χ2n) is 3.26. The predicted molar refractivity (Wildman–Crippen MR) is 49.6 cm³/mol. The molecular weight excluding hydrogens is 184 g/mol. The predicted octanol–water partition coefficient (Wildman–Crippen LogP) is -0.245. The maximum atomic E-state index is 10.9. The van der Waals surface area contributed by atoms with Crippen LogP contribution in [0.25, 0.3) is 0 Å².